The van der Waals surface area contributed by atoms with Crippen molar-refractivity contribution in [3.8, 4) is 0 Å². The minimum atomic E-state index is -0.863. The van der Waals surface area contributed by atoms with E-state index in [4.69, 9.17) is 5.73 Å². The zero-order valence-corrected chi connectivity index (χ0v) is 29.0. The molecule has 0 bridgehead atoms. The molecule has 1 atom stereocenters. The van der Waals surface area contributed by atoms with E-state index >= 15 is 0 Å². The molecule has 3 aromatic rings. The number of piperidine rings is 3. The van der Waals surface area contributed by atoms with Crippen molar-refractivity contribution in [1.82, 2.24) is 30.1 Å². The van der Waals surface area contributed by atoms with Crippen molar-refractivity contribution >= 4 is 45.9 Å². The van der Waals surface area contributed by atoms with E-state index in [1.165, 1.54) is 12.8 Å². The summed E-state index contributed by atoms with van der Waals surface area (Å²) in [5.74, 6) is -0.343. The van der Waals surface area contributed by atoms with E-state index in [1.54, 1.807) is 24.3 Å². The maximum absolute atomic E-state index is 13.5. The second-order valence-corrected chi connectivity index (χ2v) is 14.4. The number of aromatic nitrogens is 3. The van der Waals surface area contributed by atoms with Crippen LogP contribution in [0.4, 0.5) is 11.4 Å². The maximum Gasteiger partial charge on any atom is 0.278 e. The molecule has 4 aliphatic rings. The standard InChI is InChI=1S/C37H47N9O5/c38-34(48)26-3-5-28(6-4-26)44-22-20-42(21-23-44)15-1-2-25-11-16-45(17-12-25)36(50)27-13-18-43(19-14-27)29-7-8-31-30(24-29)37(51)46(41-40-31)32-9-10-33(47)39-35(32)49/h3-8,24-25,27,32H,1-2,9-23H2,(H2,38,48)(H,39,47,49). The summed E-state index contributed by atoms with van der Waals surface area (Å²) >= 11 is 0. The highest BCUT2D eigenvalue weighted by molar-refractivity contribution is 5.99. The SMILES string of the molecule is NC(=O)c1ccc(N2CCN(CCCC3CCN(C(=O)C4CCN(c5ccc6nnn(C7CCC(=O)NC7=O)c(=O)c6c5)CC4)CC3)CC2)cc1. The van der Waals surface area contributed by atoms with Crippen molar-refractivity contribution in [2.24, 2.45) is 17.6 Å². The number of nitrogens with two attached hydrogens (primary N) is 1. The fourth-order valence-corrected chi connectivity index (χ4v) is 8.11. The smallest absolute Gasteiger partial charge is 0.278 e. The van der Waals surface area contributed by atoms with Gasteiger partial charge in [-0.2, -0.15) is 4.68 Å². The van der Waals surface area contributed by atoms with Crippen LogP contribution in [-0.2, 0) is 14.4 Å². The largest absolute Gasteiger partial charge is 0.371 e. The summed E-state index contributed by atoms with van der Waals surface area (Å²) in [6, 6.07) is 12.2. The fraction of sp³-hybridized carbons (Fsp3) is 0.541. The van der Waals surface area contributed by atoms with Gasteiger partial charge in [-0.1, -0.05) is 5.21 Å². The molecule has 1 unspecified atom stereocenters. The van der Waals surface area contributed by atoms with E-state index < -0.39 is 23.4 Å². The van der Waals surface area contributed by atoms with Gasteiger partial charge in [0.25, 0.3) is 11.5 Å². The number of carbonyl (C=O) groups is 4. The third kappa shape index (κ3) is 7.75. The zero-order chi connectivity index (χ0) is 35.5. The lowest BCUT2D eigenvalue weighted by atomic mass is 9.89. The topological polar surface area (TPSA) is 167 Å². The summed E-state index contributed by atoms with van der Waals surface area (Å²) in [7, 11) is 0. The third-order valence-electron chi connectivity index (χ3n) is 11.3. The Morgan fingerprint density at radius 2 is 1.49 bits per heavy atom. The average Bonchev–Trinajstić information content (AvgIpc) is 3.16. The molecule has 4 fully saturated rings. The Bertz CT molecular complexity index is 1820. The quantitative estimate of drug-likeness (QED) is 0.316. The average molecular weight is 698 g/mol. The summed E-state index contributed by atoms with van der Waals surface area (Å²) in [4.78, 5) is 71.4. The van der Waals surface area contributed by atoms with Gasteiger partial charge in [0.2, 0.25) is 17.7 Å². The first-order valence-electron chi connectivity index (χ1n) is 18.4. The predicted octanol–water partition coefficient (Wildman–Crippen LogP) is 1.93. The molecule has 3 N–H and O–H groups in total. The minimum Gasteiger partial charge on any atom is -0.371 e. The molecule has 14 nitrogen and oxygen atoms in total. The second kappa shape index (κ2) is 15.2. The van der Waals surface area contributed by atoms with Gasteiger partial charge in [-0.25, -0.2) is 0 Å². The number of anilines is 2. The van der Waals surface area contributed by atoms with E-state index in [0.717, 1.165) is 87.6 Å². The Balaban J connectivity index is 0.832. The number of nitrogens with one attached hydrogen (secondary N) is 1. The number of hydrogen-bond acceptors (Lipinski definition) is 10. The summed E-state index contributed by atoms with van der Waals surface area (Å²) in [6.45, 7) is 8.21. The van der Waals surface area contributed by atoms with Crippen LogP contribution in [0.2, 0.25) is 0 Å². The Hall–Kier alpha value is -4.85. The Morgan fingerprint density at radius 3 is 2.18 bits per heavy atom. The number of hydrogen-bond donors (Lipinski definition) is 2. The number of primary amides is 1. The van der Waals surface area contributed by atoms with Crippen molar-refractivity contribution in [1.29, 1.82) is 0 Å². The molecule has 2 aromatic carbocycles. The third-order valence-corrected chi connectivity index (χ3v) is 11.3. The number of carbonyl (C=O) groups excluding carboxylic acids is 4. The number of imide groups is 1. The van der Waals surface area contributed by atoms with Gasteiger partial charge >= 0.3 is 0 Å². The van der Waals surface area contributed by atoms with E-state index in [1.807, 2.05) is 18.2 Å². The monoisotopic (exact) mass is 697 g/mol. The van der Waals surface area contributed by atoms with Crippen molar-refractivity contribution in [2.45, 2.75) is 57.4 Å². The number of rotatable bonds is 9. The Labute approximate surface area is 296 Å². The lowest BCUT2D eigenvalue weighted by Gasteiger charge is -2.38. The van der Waals surface area contributed by atoms with Crippen LogP contribution < -0.4 is 26.4 Å². The maximum atomic E-state index is 13.5. The molecule has 5 heterocycles. The van der Waals surface area contributed by atoms with Crippen LogP contribution in [0.15, 0.2) is 47.3 Å². The molecule has 4 amide bonds. The van der Waals surface area contributed by atoms with E-state index in [9.17, 15) is 24.0 Å². The molecule has 0 aliphatic carbocycles. The number of piperazine rings is 1. The summed E-state index contributed by atoms with van der Waals surface area (Å²) in [5.41, 5.74) is 7.96. The van der Waals surface area contributed by atoms with E-state index in [-0.39, 0.29) is 30.6 Å². The number of likely N-dealkylation sites (tertiary alicyclic amines) is 1. The molecule has 4 saturated heterocycles. The van der Waals surface area contributed by atoms with Crippen LogP contribution in [0.1, 0.15) is 67.8 Å². The van der Waals surface area contributed by atoms with Crippen LogP contribution in [0.5, 0.6) is 0 Å². The molecule has 7 rings (SSSR count). The predicted molar refractivity (Wildman–Crippen MR) is 192 cm³/mol. The van der Waals surface area contributed by atoms with Gasteiger partial charge in [-0.15, -0.1) is 5.10 Å². The second-order valence-electron chi connectivity index (χ2n) is 14.4. The van der Waals surface area contributed by atoms with Gasteiger partial charge in [-0.3, -0.25) is 34.2 Å². The summed E-state index contributed by atoms with van der Waals surface area (Å²) < 4.78 is 1.08. The van der Waals surface area contributed by atoms with Crippen molar-refractivity contribution < 1.29 is 19.2 Å². The van der Waals surface area contributed by atoms with Gasteiger partial charge in [-0.05, 0) is 99.9 Å². The van der Waals surface area contributed by atoms with Crippen LogP contribution in [0, 0.1) is 11.8 Å². The first-order chi connectivity index (χ1) is 24.7. The zero-order valence-electron chi connectivity index (χ0n) is 29.0. The highest BCUT2D eigenvalue weighted by Gasteiger charge is 2.33. The minimum absolute atomic E-state index is 0.00799. The number of benzene rings is 2. The number of nitrogens with zero attached hydrogens (tertiary/aromatic N) is 7. The molecule has 4 aliphatic heterocycles. The van der Waals surface area contributed by atoms with Gasteiger partial charge in [0, 0.05) is 81.6 Å². The lowest BCUT2D eigenvalue weighted by molar-refractivity contribution is -0.138. The van der Waals surface area contributed by atoms with E-state index in [2.05, 4.69) is 35.2 Å². The van der Waals surface area contributed by atoms with Crippen LogP contribution in [-0.4, -0.2) is 107 Å². The van der Waals surface area contributed by atoms with Crippen LogP contribution >= 0.6 is 0 Å². The molecule has 0 spiro atoms. The first kappa shape index (κ1) is 34.6. The molecule has 51 heavy (non-hydrogen) atoms. The molecule has 270 valence electrons. The number of amides is 4. The van der Waals surface area contributed by atoms with Crippen molar-refractivity contribution in [3.63, 3.8) is 0 Å². The lowest BCUT2D eigenvalue weighted by Crippen LogP contribution is -2.47. The van der Waals surface area contributed by atoms with Gasteiger partial charge in [0.1, 0.15) is 11.6 Å². The Kier molecular flexibility index (Phi) is 10.3. The van der Waals surface area contributed by atoms with Crippen molar-refractivity contribution in [3.05, 3.63) is 58.4 Å². The normalized spacial score (nSPS) is 21.3. The molecule has 0 saturated carbocycles. The molecular formula is C37H47N9O5. The fourth-order valence-electron chi connectivity index (χ4n) is 8.11. The van der Waals surface area contributed by atoms with Crippen molar-refractivity contribution in [2.75, 3.05) is 68.7 Å². The molecule has 0 radical (unpaired) electrons. The molecular weight excluding hydrogens is 650 g/mol. The van der Waals surface area contributed by atoms with Crippen LogP contribution in [0.25, 0.3) is 10.9 Å². The van der Waals surface area contributed by atoms with E-state index in [0.29, 0.717) is 35.5 Å². The number of fused-ring (bicyclic) bond motifs is 1. The summed E-state index contributed by atoms with van der Waals surface area (Å²) in [6.07, 6.45) is 6.39. The van der Waals surface area contributed by atoms with Gasteiger partial charge in [0.05, 0.1) is 5.39 Å². The van der Waals surface area contributed by atoms with Crippen LogP contribution in [0.3, 0.4) is 0 Å². The Morgan fingerprint density at radius 1 is 0.804 bits per heavy atom. The first-order valence-corrected chi connectivity index (χ1v) is 18.4. The van der Waals surface area contributed by atoms with Gasteiger partial charge < -0.3 is 20.4 Å². The van der Waals surface area contributed by atoms with Gasteiger partial charge in [0.15, 0.2) is 0 Å². The highest BCUT2D eigenvalue weighted by atomic mass is 16.2. The highest BCUT2D eigenvalue weighted by Crippen LogP contribution is 2.29. The summed E-state index contributed by atoms with van der Waals surface area (Å²) in [5, 5.41) is 10.8. The molecule has 14 heteroatoms. The molecule has 1 aromatic heterocycles.